The number of carbonyl (C=O) groups excluding carboxylic acids is 1. The highest BCUT2D eigenvalue weighted by Crippen LogP contribution is 2.29. The molecule has 0 spiro atoms. The summed E-state index contributed by atoms with van der Waals surface area (Å²) in [5.74, 6) is -0.333. The van der Waals surface area contributed by atoms with E-state index in [2.05, 4.69) is 4.98 Å². The number of amides is 1. The summed E-state index contributed by atoms with van der Waals surface area (Å²) in [6.45, 7) is 3.60. The largest absolute Gasteiger partial charge is 0.378 e. The van der Waals surface area contributed by atoms with Crippen LogP contribution in [0.3, 0.4) is 0 Å². The molecule has 1 aliphatic heterocycles. The van der Waals surface area contributed by atoms with Crippen LogP contribution in [-0.2, 0) is 4.74 Å². The van der Waals surface area contributed by atoms with Gasteiger partial charge in [0.15, 0.2) is 0 Å². The van der Waals surface area contributed by atoms with E-state index in [0.29, 0.717) is 43.2 Å². The van der Waals surface area contributed by atoms with Gasteiger partial charge in [0.05, 0.1) is 30.3 Å². The van der Waals surface area contributed by atoms with E-state index in [1.807, 2.05) is 37.3 Å². The van der Waals surface area contributed by atoms with Crippen molar-refractivity contribution in [2.75, 3.05) is 26.3 Å². The van der Waals surface area contributed by atoms with Crippen molar-refractivity contribution in [3.63, 3.8) is 0 Å². The summed E-state index contributed by atoms with van der Waals surface area (Å²) in [6, 6.07) is 11.9. The second-order valence-electron chi connectivity index (χ2n) is 6.62. The fourth-order valence-electron chi connectivity index (χ4n) is 3.43. The monoisotopic (exact) mass is 440 g/mol. The van der Waals surface area contributed by atoms with E-state index in [-0.39, 0.29) is 42.3 Å². The number of rotatable bonds is 3. The number of carbonyl (C=O) groups is 1. The lowest BCUT2D eigenvalue weighted by atomic mass is 10.1. The number of fused-ring (bicyclic) bond motifs is 1. The van der Waals surface area contributed by atoms with Gasteiger partial charge in [0.25, 0.3) is 5.91 Å². The molecule has 2 heterocycles. The number of hydrogen-bond donors (Lipinski definition) is 1. The molecule has 0 bridgehead atoms. The van der Waals surface area contributed by atoms with Crippen LogP contribution in [0.2, 0.25) is 0 Å². The van der Waals surface area contributed by atoms with Crippen LogP contribution < -0.4 is 5.73 Å². The molecule has 6 nitrogen and oxygen atoms in total. The number of morpholine rings is 1. The molecular weight excluding hydrogens is 418 g/mol. The topological polar surface area (TPSA) is 73.4 Å². The number of halogens is 3. The van der Waals surface area contributed by atoms with E-state index in [4.69, 9.17) is 10.5 Å². The molecule has 29 heavy (non-hydrogen) atoms. The Morgan fingerprint density at radius 3 is 2.41 bits per heavy atom. The zero-order chi connectivity index (χ0) is 19.0. The number of hydrogen-bond acceptors (Lipinski definition) is 4. The highest BCUT2D eigenvalue weighted by atomic mass is 35.5. The van der Waals surface area contributed by atoms with Crippen LogP contribution in [0.15, 0.2) is 42.5 Å². The lowest BCUT2D eigenvalue weighted by Gasteiger charge is -2.27. The molecule has 1 aliphatic rings. The summed E-state index contributed by atoms with van der Waals surface area (Å²) < 4.78 is 22.0. The van der Waals surface area contributed by atoms with Gasteiger partial charge in [-0.1, -0.05) is 18.2 Å². The zero-order valence-electron chi connectivity index (χ0n) is 15.9. The van der Waals surface area contributed by atoms with Gasteiger partial charge in [-0.2, -0.15) is 0 Å². The Morgan fingerprint density at radius 1 is 1.14 bits per heavy atom. The summed E-state index contributed by atoms with van der Waals surface area (Å²) in [6.07, 6.45) is 0. The van der Waals surface area contributed by atoms with Gasteiger partial charge in [-0.3, -0.25) is 9.36 Å². The first-order chi connectivity index (χ1) is 13.1. The predicted molar refractivity (Wildman–Crippen MR) is 115 cm³/mol. The first-order valence-electron chi connectivity index (χ1n) is 8.97. The third-order valence-corrected chi connectivity index (χ3v) is 4.73. The maximum atomic E-state index is 14.9. The van der Waals surface area contributed by atoms with Crippen LogP contribution in [0, 0.1) is 5.82 Å². The van der Waals surface area contributed by atoms with Crippen molar-refractivity contribution < 1.29 is 13.9 Å². The first kappa shape index (κ1) is 23.1. The Kier molecular flexibility index (Phi) is 7.60. The van der Waals surface area contributed by atoms with Gasteiger partial charge in [0.2, 0.25) is 0 Å². The SMILES string of the molecule is C[C@H](N)c1nc2ccc(F)c(C(=O)N3CCOCC3)c2n1-c1ccccc1.Cl.Cl. The molecule has 3 aromatic rings. The molecule has 0 unspecified atom stereocenters. The Bertz CT molecular complexity index is 989. The molecule has 1 amide bonds. The lowest BCUT2D eigenvalue weighted by Crippen LogP contribution is -2.41. The predicted octanol–water partition coefficient (Wildman–Crippen LogP) is 3.50. The molecule has 4 rings (SSSR count). The fourth-order valence-corrected chi connectivity index (χ4v) is 3.43. The molecule has 1 fully saturated rings. The van der Waals surface area contributed by atoms with E-state index in [1.54, 1.807) is 15.5 Å². The van der Waals surface area contributed by atoms with Gasteiger partial charge in [-0.25, -0.2) is 9.37 Å². The number of para-hydroxylation sites is 1. The highest BCUT2D eigenvalue weighted by molar-refractivity contribution is 6.06. The van der Waals surface area contributed by atoms with Gasteiger partial charge < -0.3 is 15.4 Å². The minimum absolute atomic E-state index is 0. The Labute approximate surface area is 180 Å². The van der Waals surface area contributed by atoms with Crippen LogP contribution in [0.25, 0.3) is 16.7 Å². The smallest absolute Gasteiger partial charge is 0.259 e. The number of imidazole rings is 1. The van der Waals surface area contributed by atoms with Crippen LogP contribution in [0.1, 0.15) is 29.1 Å². The van der Waals surface area contributed by atoms with Crippen molar-refractivity contribution in [3.8, 4) is 5.69 Å². The molecule has 2 aromatic carbocycles. The summed E-state index contributed by atoms with van der Waals surface area (Å²) in [7, 11) is 0. The molecule has 0 saturated carbocycles. The van der Waals surface area contributed by atoms with E-state index < -0.39 is 5.82 Å². The van der Waals surface area contributed by atoms with Crippen LogP contribution in [-0.4, -0.2) is 46.7 Å². The maximum absolute atomic E-state index is 14.9. The molecule has 1 aromatic heterocycles. The molecule has 2 N–H and O–H groups in total. The van der Waals surface area contributed by atoms with E-state index in [0.717, 1.165) is 5.69 Å². The molecule has 1 atom stereocenters. The summed E-state index contributed by atoms with van der Waals surface area (Å²) in [5.41, 5.74) is 7.94. The van der Waals surface area contributed by atoms with Gasteiger partial charge >= 0.3 is 0 Å². The number of nitrogens with zero attached hydrogens (tertiary/aromatic N) is 3. The minimum atomic E-state index is -0.563. The van der Waals surface area contributed by atoms with Crippen molar-refractivity contribution in [1.82, 2.24) is 14.5 Å². The molecule has 1 saturated heterocycles. The Balaban J connectivity index is 0.00000150. The molecule has 0 radical (unpaired) electrons. The second-order valence-corrected chi connectivity index (χ2v) is 6.62. The summed E-state index contributed by atoms with van der Waals surface area (Å²) >= 11 is 0. The third-order valence-electron chi connectivity index (χ3n) is 4.73. The van der Waals surface area contributed by atoms with Gasteiger partial charge in [0.1, 0.15) is 17.2 Å². The average Bonchev–Trinajstić information content (AvgIpc) is 3.09. The average molecular weight is 441 g/mol. The van der Waals surface area contributed by atoms with Crippen molar-refractivity contribution >= 4 is 41.8 Å². The molecule has 156 valence electrons. The summed E-state index contributed by atoms with van der Waals surface area (Å²) in [4.78, 5) is 19.4. The zero-order valence-corrected chi connectivity index (χ0v) is 17.5. The van der Waals surface area contributed by atoms with E-state index >= 15 is 0 Å². The summed E-state index contributed by atoms with van der Waals surface area (Å²) in [5, 5.41) is 0. The standard InChI is InChI=1S/C20H21FN4O2.2ClH/c1-13(22)19-23-16-8-7-15(21)17(20(26)24-9-11-27-12-10-24)18(16)25(19)14-5-3-2-4-6-14;;/h2-8,13H,9-12,22H2,1H3;2*1H/t13-;;/m0../s1. The number of ether oxygens (including phenoxy) is 1. The first-order valence-corrected chi connectivity index (χ1v) is 8.97. The number of benzene rings is 2. The van der Waals surface area contributed by atoms with Gasteiger partial charge in [-0.05, 0) is 31.2 Å². The van der Waals surface area contributed by atoms with Crippen molar-refractivity contribution in [1.29, 1.82) is 0 Å². The van der Waals surface area contributed by atoms with Gasteiger partial charge in [-0.15, -0.1) is 24.8 Å². The minimum Gasteiger partial charge on any atom is -0.378 e. The second kappa shape index (κ2) is 9.54. The Hall–Kier alpha value is -2.19. The highest BCUT2D eigenvalue weighted by Gasteiger charge is 2.28. The van der Waals surface area contributed by atoms with Gasteiger partial charge in [0, 0.05) is 18.8 Å². The van der Waals surface area contributed by atoms with Crippen molar-refractivity contribution in [2.45, 2.75) is 13.0 Å². The third kappa shape index (κ3) is 4.23. The molecule has 9 heteroatoms. The van der Waals surface area contributed by atoms with Crippen LogP contribution in [0.5, 0.6) is 0 Å². The molecular formula is C20H23Cl2FN4O2. The molecule has 0 aliphatic carbocycles. The lowest BCUT2D eigenvalue weighted by molar-refractivity contribution is 0.0301. The van der Waals surface area contributed by atoms with Crippen LogP contribution >= 0.6 is 24.8 Å². The van der Waals surface area contributed by atoms with E-state index in [1.165, 1.54) is 6.07 Å². The number of nitrogens with two attached hydrogens (primary N) is 1. The van der Waals surface area contributed by atoms with Crippen LogP contribution in [0.4, 0.5) is 4.39 Å². The maximum Gasteiger partial charge on any atom is 0.259 e. The Morgan fingerprint density at radius 2 is 1.79 bits per heavy atom. The quantitative estimate of drug-likeness (QED) is 0.676. The normalized spacial score (nSPS) is 14.8. The fraction of sp³-hybridized carbons (Fsp3) is 0.300. The van der Waals surface area contributed by atoms with E-state index in [9.17, 15) is 9.18 Å². The number of aromatic nitrogens is 2. The van der Waals surface area contributed by atoms with Crippen molar-refractivity contribution in [2.24, 2.45) is 5.73 Å². The van der Waals surface area contributed by atoms with Crippen molar-refractivity contribution in [3.05, 3.63) is 59.7 Å².